The van der Waals surface area contributed by atoms with Crippen molar-refractivity contribution in [2.45, 2.75) is 19.0 Å². The molecule has 0 bridgehead atoms. The monoisotopic (exact) mass is 347 g/mol. The molecule has 0 radical (unpaired) electrons. The maximum absolute atomic E-state index is 12.1. The van der Waals surface area contributed by atoms with E-state index in [0.29, 0.717) is 6.42 Å². The van der Waals surface area contributed by atoms with E-state index in [1.807, 2.05) is 24.3 Å². The van der Waals surface area contributed by atoms with Crippen molar-refractivity contribution < 1.29 is 17.9 Å². The van der Waals surface area contributed by atoms with Gasteiger partial charge in [-0.05, 0) is 11.1 Å². The lowest BCUT2D eigenvalue weighted by Crippen LogP contribution is -2.49. The number of ether oxygens (including phenoxy) is 1. The van der Waals surface area contributed by atoms with Crippen molar-refractivity contribution in [1.29, 1.82) is 0 Å². The largest absolute Gasteiger partial charge is 0.468 e. The van der Waals surface area contributed by atoms with Gasteiger partial charge in [-0.25, -0.2) is 8.42 Å². The van der Waals surface area contributed by atoms with E-state index < -0.39 is 22.0 Å². The van der Waals surface area contributed by atoms with Gasteiger partial charge in [-0.1, -0.05) is 40.2 Å². The van der Waals surface area contributed by atoms with Crippen LogP contribution in [0.1, 0.15) is 11.1 Å². The zero-order valence-electron chi connectivity index (χ0n) is 10.4. The van der Waals surface area contributed by atoms with Crippen LogP contribution in [0.5, 0.6) is 0 Å². The highest BCUT2D eigenvalue weighted by Gasteiger charge is 2.38. The number of methoxy groups -OCH3 is 1. The van der Waals surface area contributed by atoms with Gasteiger partial charge in [0.15, 0.2) is 0 Å². The van der Waals surface area contributed by atoms with Gasteiger partial charge >= 0.3 is 5.97 Å². The highest BCUT2D eigenvalue weighted by atomic mass is 79.9. The number of hydrogen-bond acceptors (Lipinski definition) is 4. The van der Waals surface area contributed by atoms with Crippen molar-refractivity contribution >= 4 is 31.9 Å². The van der Waals surface area contributed by atoms with Crippen LogP contribution in [0.2, 0.25) is 0 Å². The predicted octanol–water partition coefficient (Wildman–Crippen LogP) is 1.27. The summed E-state index contributed by atoms with van der Waals surface area (Å²) >= 11 is 2.96. The van der Waals surface area contributed by atoms with Crippen LogP contribution < -0.4 is 0 Å². The molecule has 0 amide bonds. The van der Waals surface area contributed by atoms with Crippen LogP contribution >= 0.6 is 15.9 Å². The van der Waals surface area contributed by atoms with Gasteiger partial charge in [0.2, 0.25) is 10.0 Å². The van der Waals surface area contributed by atoms with Crippen LogP contribution in [0, 0.1) is 0 Å². The summed E-state index contributed by atoms with van der Waals surface area (Å²) < 4.78 is 29.8. The molecule has 104 valence electrons. The number of sulfonamides is 1. The molecule has 5 nitrogen and oxygen atoms in total. The van der Waals surface area contributed by atoms with E-state index in [1.165, 1.54) is 11.4 Å². The first-order valence-corrected chi connectivity index (χ1v) is 8.42. The molecule has 1 aliphatic rings. The number of benzene rings is 1. The number of halogens is 1. The molecule has 1 aromatic rings. The zero-order chi connectivity index (χ0) is 14.0. The number of carbonyl (C=O) groups excluding carboxylic acids is 1. The summed E-state index contributed by atoms with van der Waals surface area (Å²) in [5, 5.41) is 0. The highest BCUT2D eigenvalue weighted by molar-refractivity contribution is 9.10. The third-order valence-corrected chi connectivity index (χ3v) is 6.28. The van der Waals surface area contributed by atoms with E-state index in [4.69, 9.17) is 4.74 Å². The molecule has 0 fully saturated rings. The van der Waals surface area contributed by atoms with Crippen molar-refractivity contribution in [2.75, 3.05) is 11.8 Å². The number of rotatable bonds is 3. The Morgan fingerprint density at radius 3 is 2.63 bits per heavy atom. The summed E-state index contributed by atoms with van der Waals surface area (Å²) in [5.41, 5.74) is 1.91. The Hall–Kier alpha value is -0.920. The second-order valence-corrected chi connectivity index (χ2v) is 7.50. The van der Waals surface area contributed by atoms with E-state index in [-0.39, 0.29) is 11.2 Å². The van der Waals surface area contributed by atoms with E-state index in [0.717, 1.165) is 11.1 Å². The van der Waals surface area contributed by atoms with E-state index in [1.54, 1.807) is 0 Å². The Labute approximate surface area is 120 Å². The molecular formula is C12H14BrNO4S. The lowest BCUT2D eigenvalue weighted by molar-refractivity contribution is -0.145. The van der Waals surface area contributed by atoms with Gasteiger partial charge < -0.3 is 4.74 Å². The summed E-state index contributed by atoms with van der Waals surface area (Å²) in [6.07, 6.45) is 0.342. The fourth-order valence-electron chi connectivity index (χ4n) is 2.19. The van der Waals surface area contributed by atoms with Crippen LogP contribution in [-0.2, 0) is 32.5 Å². The molecule has 7 heteroatoms. The molecule has 2 rings (SSSR count). The fourth-order valence-corrected chi connectivity index (χ4v) is 3.99. The minimum atomic E-state index is -3.52. The smallest absolute Gasteiger partial charge is 0.324 e. The van der Waals surface area contributed by atoms with Crippen LogP contribution in [0.3, 0.4) is 0 Å². The topological polar surface area (TPSA) is 63.7 Å². The summed E-state index contributed by atoms with van der Waals surface area (Å²) in [7, 11) is -2.25. The molecule has 0 aliphatic carbocycles. The lowest BCUT2D eigenvalue weighted by atomic mass is 9.96. The number of fused-ring (bicyclic) bond motifs is 1. The number of hydrogen-bond donors (Lipinski definition) is 0. The van der Waals surface area contributed by atoms with Crippen LogP contribution in [0.4, 0.5) is 0 Å². The minimum Gasteiger partial charge on any atom is -0.468 e. The van der Waals surface area contributed by atoms with E-state index in [2.05, 4.69) is 15.9 Å². The van der Waals surface area contributed by atoms with Gasteiger partial charge in [0.25, 0.3) is 0 Å². The molecule has 0 N–H and O–H groups in total. The molecule has 0 saturated carbocycles. The molecule has 1 aromatic carbocycles. The lowest BCUT2D eigenvalue weighted by Gasteiger charge is -2.33. The second-order valence-electron chi connectivity index (χ2n) is 4.28. The van der Waals surface area contributed by atoms with Gasteiger partial charge in [0.05, 0.1) is 7.11 Å². The Balaban J connectivity index is 2.43. The molecule has 1 atom stereocenters. The number of alkyl halides is 1. The minimum absolute atomic E-state index is 0.198. The Bertz CT molecular complexity index is 587. The zero-order valence-corrected chi connectivity index (χ0v) is 12.8. The van der Waals surface area contributed by atoms with Crippen molar-refractivity contribution in [2.24, 2.45) is 0 Å². The number of carbonyl (C=O) groups is 1. The molecule has 19 heavy (non-hydrogen) atoms. The first-order valence-electron chi connectivity index (χ1n) is 5.69. The fraction of sp³-hybridized carbons (Fsp3) is 0.417. The molecule has 0 aromatic heterocycles. The van der Waals surface area contributed by atoms with Gasteiger partial charge in [0.1, 0.15) is 10.7 Å². The van der Waals surface area contributed by atoms with Gasteiger partial charge in [-0.3, -0.25) is 4.79 Å². The van der Waals surface area contributed by atoms with Crippen LogP contribution in [0.25, 0.3) is 0 Å². The van der Waals surface area contributed by atoms with E-state index in [9.17, 15) is 13.2 Å². The molecule has 0 saturated heterocycles. The standard InChI is InChI=1S/C12H14BrNO4S/c1-18-12(15)11-6-9-4-2-3-5-10(9)7-14(11)19(16,17)8-13/h2-5,11H,6-8H2,1H3. The summed E-state index contributed by atoms with van der Waals surface area (Å²) in [4.78, 5) is 11.8. The summed E-state index contributed by atoms with van der Waals surface area (Å²) in [5.74, 6) is -0.529. The maximum atomic E-state index is 12.1. The van der Waals surface area contributed by atoms with Gasteiger partial charge in [0, 0.05) is 13.0 Å². The molecule has 1 unspecified atom stereocenters. The second kappa shape index (κ2) is 5.60. The van der Waals surface area contributed by atoms with Gasteiger partial charge in [-0.15, -0.1) is 0 Å². The van der Waals surface area contributed by atoms with Gasteiger partial charge in [-0.2, -0.15) is 4.31 Å². The molecule has 0 spiro atoms. The quantitative estimate of drug-likeness (QED) is 0.610. The first kappa shape index (κ1) is 14.5. The SMILES string of the molecule is COC(=O)C1Cc2ccccc2CN1S(=O)(=O)CBr. The number of nitrogens with zero attached hydrogens (tertiary/aromatic N) is 1. The average molecular weight is 348 g/mol. The van der Waals surface area contributed by atoms with Crippen molar-refractivity contribution in [3.8, 4) is 0 Å². The maximum Gasteiger partial charge on any atom is 0.324 e. The Kier molecular flexibility index (Phi) is 4.27. The first-order chi connectivity index (χ1) is 8.99. The third-order valence-electron chi connectivity index (χ3n) is 3.17. The van der Waals surface area contributed by atoms with Crippen molar-refractivity contribution in [1.82, 2.24) is 4.31 Å². The Morgan fingerprint density at radius 2 is 2.05 bits per heavy atom. The van der Waals surface area contributed by atoms with Crippen LogP contribution in [0.15, 0.2) is 24.3 Å². The Morgan fingerprint density at radius 1 is 1.42 bits per heavy atom. The molecular weight excluding hydrogens is 334 g/mol. The summed E-state index contributed by atoms with van der Waals surface area (Å²) in [6, 6.07) is 6.73. The number of esters is 1. The highest BCUT2D eigenvalue weighted by Crippen LogP contribution is 2.27. The summed E-state index contributed by atoms with van der Waals surface area (Å²) in [6.45, 7) is 0.198. The van der Waals surface area contributed by atoms with Crippen LogP contribution in [-0.4, -0.2) is 36.5 Å². The predicted molar refractivity (Wildman–Crippen MR) is 74.2 cm³/mol. The normalized spacial score (nSPS) is 19.8. The van der Waals surface area contributed by atoms with Crippen molar-refractivity contribution in [3.63, 3.8) is 0 Å². The van der Waals surface area contributed by atoms with E-state index >= 15 is 0 Å². The molecule has 1 heterocycles. The third kappa shape index (κ3) is 2.82. The average Bonchev–Trinajstić information content (AvgIpc) is 2.45. The molecule has 1 aliphatic heterocycles. The van der Waals surface area contributed by atoms with Crippen molar-refractivity contribution in [3.05, 3.63) is 35.4 Å².